The fraction of sp³-hybridized carbons (Fsp3) is 0.615. The molecular formula is C13H17ClN4O2. The van der Waals surface area contributed by atoms with Gasteiger partial charge in [-0.15, -0.1) is 10.2 Å². The molecule has 2 heterocycles. The molecule has 2 aliphatic rings. The monoisotopic (exact) mass is 296 g/mol. The van der Waals surface area contributed by atoms with Crippen LogP contribution in [0.15, 0.2) is 6.07 Å². The van der Waals surface area contributed by atoms with Gasteiger partial charge in [-0.1, -0.05) is 11.6 Å². The first-order chi connectivity index (χ1) is 9.52. The van der Waals surface area contributed by atoms with E-state index in [0.29, 0.717) is 36.1 Å². The first-order valence-corrected chi connectivity index (χ1v) is 7.15. The lowest BCUT2D eigenvalue weighted by Gasteiger charge is -2.18. The van der Waals surface area contributed by atoms with E-state index in [0.717, 1.165) is 24.2 Å². The molecule has 1 amide bonds. The predicted molar refractivity (Wildman–Crippen MR) is 75.0 cm³/mol. The molecule has 1 aliphatic heterocycles. The number of aryl methyl sites for hydroxylation is 1. The van der Waals surface area contributed by atoms with E-state index in [1.807, 2.05) is 6.92 Å². The van der Waals surface area contributed by atoms with Crippen molar-refractivity contribution in [1.29, 1.82) is 0 Å². The molecule has 3 rings (SSSR count). The number of fused-ring (bicyclic) bond motifs is 1. The van der Waals surface area contributed by atoms with E-state index in [9.17, 15) is 4.79 Å². The molecule has 0 bridgehead atoms. The molecule has 1 aliphatic carbocycles. The van der Waals surface area contributed by atoms with Crippen LogP contribution < -0.4 is 5.32 Å². The maximum Gasteiger partial charge on any atom is 0.407 e. The maximum absolute atomic E-state index is 11.0. The highest BCUT2D eigenvalue weighted by Crippen LogP contribution is 2.39. The van der Waals surface area contributed by atoms with E-state index in [4.69, 9.17) is 16.7 Å². The lowest BCUT2D eigenvalue weighted by molar-refractivity contribution is 0.152. The Bertz CT molecular complexity index is 525. The highest BCUT2D eigenvalue weighted by Gasteiger charge is 2.42. The predicted octanol–water partition coefficient (Wildman–Crippen LogP) is 2.24. The molecule has 2 fully saturated rings. The first-order valence-electron chi connectivity index (χ1n) is 6.77. The summed E-state index contributed by atoms with van der Waals surface area (Å²) in [6.45, 7) is 3.26. The zero-order valence-corrected chi connectivity index (χ0v) is 12.0. The van der Waals surface area contributed by atoms with Crippen molar-refractivity contribution in [3.05, 3.63) is 16.8 Å². The molecule has 0 radical (unpaired) electrons. The minimum Gasteiger partial charge on any atom is -0.465 e. The Morgan fingerprint density at radius 1 is 1.40 bits per heavy atom. The number of halogens is 1. The van der Waals surface area contributed by atoms with E-state index in [1.165, 1.54) is 4.90 Å². The van der Waals surface area contributed by atoms with Crippen molar-refractivity contribution in [2.45, 2.75) is 25.8 Å². The van der Waals surface area contributed by atoms with Crippen LogP contribution in [-0.2, 0) is 0 Å². The van der Waals surface area contributed by atoms with Crippen LogP contribution in [0.3, 0.4) is 0 Å². The molecule has 7 heteroatoms. The fourth-order valence-corrected chi connectivity index (χ4v) is 3.56. The average Bonchev–Trinajstić information content (AvgIpc) is 2.90. The van der Waals surface area contributed by atoms with Crippen molar-refractivity contribution in [2.24, 2.45) is 11.8 Å². The van der Waals surface area contributed by atoms with Gasteiger partial charge in [0.1, 0.15) is 0 Å². The number of amides is 1. The van der Waals surface area contributed by atoms with E-state index in [2.05, 4.69) is 15.5 Å². The van der Waals surface area contributed by atoms with E-state index < -0.39 is 6.09 Å². The molecule has 0 unspecified atom stereocenters. The van der Waals surface area contributed by atoms with Gasteiger partial charge in [0.05, 0.1) is 0 Å². The second-order valence-electron chi connectivity index (χ2n) is 5.72. The Labute approximate surface area is 122 Å². The van der Waals surface area contributed by atoms with Crippen molar-refractivity contribution >= 4 is 23.5 Å². The lowest BCUT2D eigenvalue weighted by atomic mass is 10.0. The van der Waals surface area contributed by atoms with Crippen molar-refractivity contribution in [2.75, 3.05) is 18.4 Å². The summed E-state index contributed by atoms with van der Waals surface area (Å²) in [6.07, 6.45) is 1.17. The van der Waals surface area contributed by atoms with E-state index in [1.54, 1.807) is 6.07 Å². The maximum atomic E-state index is 11.0. The number of carboxylic acid groups (broad SMARTS) is 1. The number of nitrogens with zero attached hydrogens (tertiary/aromatic N) is 3. The normalized spacial score (nSPS) is 28.5. The zero-order valence-electron chi connectivity index (χ0n) is 11.2. The van der Waals surface area contributed by atoms with Crippen LogP contribution >= 0.6 is 11.6 Å². The minimum absolute atomic E-state index is 0.343. The summed E-state index contributed by atoms with van der Waals surface area (Å²) in [7, 11) is 0. The number of rotatable bonds is 2. The van der Waals surface area contributed by atoms with Crippen molar-refractivity contribution in [3.63, 3.8) is 0 Å². The zero-order chi connectivity index (χ0) is 14.3. The van der Waals surface area contributed by atoms with Gasteiger partial charge in [-0.3, -0.25) is 0 Å². The third-order valence-electron chi connectivity index (χ3n) is 4.32. The van der Waals surface area contributed by atoms with Gasteiger partial charge in [0.15, 0.2) is 11.0 Å². The summed E-state index contributed by atoms with van der Waals surface area (Å²) in [5.74, 6) is 1.70. The largest absolute Gasteiger partial charge is 0.465 e. The topological polar surface area (TPSA) is 78.4 Å². The Morgan fingerprint density at radius 3 is 2.60 bits per heavy atom. The summed E-state index contributed by atoms with van der Waals surface area (Å²) in [4.78, 5) is 12.5. The molecule has 20 heavy (non-hydrogen) atoms. The molecule has 108 valence electrons. The number of aromatic nitrogens is 2. The van der Waals surface area contributed by atoms with Gasteiger partial charge in [-0.2, -0.15) is 0 Å². The number of nitrogens with one attached hydrogen (secondary N) is 1. The fourth-order valence-electron chi connectivity index (χ4n) is 3.36. The van der Waals surface area contributed by atoms with Crippen molar-refractivity contribution in [1.82, 2.24) is 15.1 Å². The second kappa shape index (κ2) is 5.09. The first kappa shape index (κ1) is 13.4. The Morgan fingerprint density at radius 2 is 2.05 bits per heavy atom. The molecule has 6 nitrogen and oxygen atoms in total. The van der Waals surface area contributed by atoms with Crippen LogP contribution in [0.25, 0.3) is 0 Å². The van der Waals surface area contributed by atoms with Crippen LogP contribution in [0.4, 0.5) is 10.6 Å². The number of likely N-dealkylation sites (tertiary alicyclic amines) is 1. The summed E-state index contributed by atoms with van der Waals surface area (Å²) >= 11 is 5.79. The van der Waals surface area contributed by atoms with Crippen LogP contribution in [0, 0.1) is 18.8 Å². The second-order valence-corrected chi connectivity index (χ2v) is 6.11. The Hall–Kier alpha value is -1.56. The number of carbonyl (C=O) groups is 1. The van der Waals surface area contributed by atoms with Crippen LogP contribution in [-0.4, -0.2) is 45.4 Å². The van der Waals surface area contributed by atoms with Crippen molar-refractivity contribution < 1.29 is 9.90 Å². The molecule has 0 spiro atoms. The van der Waals surface area contributed by atoms with Gasteiger partial charge in [0.25, 0.3) is 0 Å². The van der Waals surface area contributed by atoms with Crippen LogP contribution in [0.1, 0.15) is 18.4 Å². The molecule has 3 atom stereocenters. The molecule has 1 aromatic rings. The molecule has 0 aromatic carbocycles. The van der Waals surface area contributed by atoms with Gasteiger partial charge < -0.3 is 15.3 Å². The molecule has 1 aromatic heterocycles. The standard InChI is InChI=1S/C13H17ClN4O2/c1-7-2-11(14)16-17-12(7)15-10-3-8-5-18(13(19)20)6-9(8)4-10/h2,8-10H,3-6H2,1H3,(H,15,17)(H,19,20)/t8-,9+,10+. The average molecular weight is 297 g/mol. The van der Waals surface area contributed by atoms with Crippen molar-refractivity contribution in [3.8, 4) is 0 Å². The molecular weight excluding hydrogens is 280 g/mol. The summed E-state index contributed by atoms with van der Waals surface area (Å²) in [5.41, 5.74) is 0.981. The van der Waals surface area contributed by atoms with Gasteiger partial charge in [-0.25, -0.2) is 4.79 Å². The minimum atomic E-state index is -0.802. The number of hydrogen-bond donors (Lipinski definition) is 2. The summed E-state index contributed by atoms with van der Waals surface area (Å²) < 4.78 is 0. The SMILES string of the molecule is Cc1cc(Cl)nnc1N[C@H]1C[C@@H]2CN(C(=O)O)C[C@@H]2C1. The molecule has 1 saturated heterocycles. The molecule has 2 N–H and O–H groups in total. The van der Waals surface area contributed by atoms with Crippen LogP contribution in [0.2, 0.25) is 5.15 Å². The van der Waals surface area contributed by atoms with Gasteiger partial charge in [0.2, 0.25) is 0 Å². The summed E-state index contributed by atoms with van der Waals surface area (Å²) in [6, 6.07) is 2.13. The van der Waals surface area contributed by atoms with Gasteiger partial charge in [0, 0.05) is 19.1 Å². The quantitative estimate of drug-likeness (QED) is 0.875. The number of hydrogen-bond acceptors (Lipinski definition) is 4. The smallest absolute Gasteiger partial charge is 0.407 e. The van der Waals surface area contributed by atoms with Gasteiger partial charge >= 0.3 is 6.09 Å². The third kappa shape index (κ3) is 2.52. The highest BCUT2D eigenvalue weighted by molar-refractivity contribution is 6.29. The lowest BCUT2D eigenvalue weighted by Crippen LogP contribution is -2.29. The summed E-state index contributed by atoms with van der Waals surface area (Å²) in [5, 5.41) is 20.8. The van der Waals surface area contributed by atoms with Crippen LogP contribution in [0.5, 0.6) is 0 Å². The third-order valence-corrected chi connectivity index (χ3v) is 4.50. The Balaban J connectivity index is 1.61. The number of anilines is 1. The van der Waals surface area contributed by atoms with E-state index in [-0.39, 0.29) is 0 Å². The highest BCUT2D eigenvalue weighted by atomic mass is 35.5. The molecule has 1 saturated carbocycles. The van der Waals surface area contributed by atoms with Gasteiger partial charge in [-0.05, 0) is 43.2 Å². The Kier molecular flexibility index (Phi) is 3.41. The van der Waals surface area contributed by atoms with E-state index >= 15 is 0 Å².